The van der Waals surface area contributed by atoms with E-state index in [2.05, 4.69) is 20.3 Å². The van der Waals surface area contributed by atoms with Crippen molar-refractivity contribution in [2.45, 2.75) is 55.9 Å². The summed E-state index contributed by atoms with van der Waals surface area (Å²) in [5, 5.41) is 33.9. The maximum Gasteiger partial charge on any atom is 0.350 e. The molecule has 6 atom stereocenters. The third kappa shape index (κ3) is 4.85. The highest BCUT2D eigenvalue weighted by Crippen LogP contribution is 2.36. The number of aromatic nitrogens is 4. The summed E-state index contributed by atoms with van der Waals surface area (Å²) >= 11 is 6.07. The topological polar surface area (TPSA) is 192 Å². The van der Waals surface area contributed by atoms with E-state index in [0.29, 0.717) is 17.8 Å². The summed E-state index contributed by atoms with van der Waals surface area (Å²) in [6.45, 7) is -0.339. The Morgan fingerprint density at radius 1 is 1.26 bits per heavy atom. The number of halogens is 1. The predicted molar refractivity (Wildman–Crippen MR) is 106 cm³/mol. The highest BCUT2D eigenvalue weighted by molar-refractivity contribution is 7.51. The summed E-state index contributed by atoms with van der Waals surface area (Å²) < 4.78 is 22.9. The fourth-order valence-electron chi connectivity index (χ4n) is 3.85. The zero-order chi connectivity index (χ0) is 22.3. The smallest absolute Gasteiger partial charge is 0.350 e. The molecule has 3 heterocycles. The van der Waals surface area contributed by atoms with Crippen LogP contribution in [0.25, 0.3) is 11.2 Å². The van der Waals surface area contributed by atoms with Crippen LogP contribution < -0.4 is 5.32 Å². The van der Waals surface area contributed by atoms with E-state index in [1.807, 2.05) is 0 Å². The number of ether oxygens (including phenoxy) is 2. The van der Waals surface area contributed by atoms with E-state index in [1.54, 1.807) is 0 Å². The maximum atomic E-state index is 10.9. The van der Waals surface area contributed by atoms with Crippen LogP contribution in [0.2, 0.25) is 5.28 Å². The fourth-order valence-corrected chi connectivity index (χ4v) is 4.35. The van der Waals surface area contributed by atoms with Crippen LogP contribution in [0.4, 0.5) is 5.82 Å². The molecule has 6 N–H and O–H groups in total. The average Bonchev–Trinajstić information content (AvgIpc) is 3.35. The first-order valence-corrected chi connectivity index (χ1v) is 11.8. The minimum atomic E-state index is -4.38. The van der Waals surface area contributed by atoms with Gasteiger partial charge in [0.2, 0.25) is 5.28 Å². The number of hydrogen-bond acceptors (Lipinski definition) is 10. The summed E-state index contributed by atoms with van der Waals surface area (Å²) in [4.78, 5) is 30.3. The molecule has 2 unspecified atom stereocenters. The van der Waals surface area contributed by atoms with Gasteiger partial charge in [0.25, 0.3) is 0 Å². The lowest BCUT2D eigenvalue weighted by Gasteiger charge is -2.18. The molecular weight excluding hydrogens is 457 g/mol. The van der Waals surface area contributed by atoms with Gasteiger partial charge in [0.05, 0.1) is 25.1 Å². The van der Waals surface area contributed by atoms with Crippen LogP contribution in [-0.4, -0.2) is 88.0 Å². The van der Waals surface area contributed by atoms with Crippen molar-refractivity contribution < 1.29 is 39.1 Å². The quantitative estimate of drug-likeness (QED) is 0.222. The van der Waals surface area contributed by atoms with Gasteiger partial charge < -0.3 is 39.9 Å². The standard InChI is InChI=1S/C16H23ClN5O8P/c17-16-20-13(19-7-2-1-3-8(7)23)10-14(21-16)22(5-18-10)15-12(25)11(24)9(30-15)4-29-6-31(26,27)28/h5,7-9,11-12,15,23-25H,1-4,6H2,(H,19,20,21)(H2,26,27,28)/t7?,8?,9-,11-,12-,15-/m1/s1. The molecule has 0 spiro atoms. The van der Waals surface area contributed by atoms with E-state index in [-0.39, 0.29) is 23.6 Å². The van der Waals surface area contributed by atoms with Crippen LogP contribution in [0.15, 0.2) is 6.33 Å². The second-order valence-electron chi connectivity index (χ2n) is 7.63. The first kappa shape index (κ1) is 22.8. The molecule has 2 aromatic heterocycles. The Bertz CT molecular complexity index is 988. The van der Waals surface area contributed by atoms with E-state index in [1.165, 1.54) is 10.9 Å². The minimum absolute atomic E-state index is 0.0844. The molecule has 13 nitrogen and oxygen atoms in total. The predicted octanol–water partition coefficient (Wildman–Crippen LogP) is -0.424. The molecule has 172 valence electrons. The number of aliphatic hydroxyl groups excluding tert-OH is 3. The van der Waals surface area contributed by atoms with E-state index < -0.39 is 44.6 Å². The molecular formula is C16H23ClN5O8P. The Labute approximate surface area is 181 Å². The number of anilines is 1. The second kappa shape index (κ2) is 8.85. The van der Waals surface area contributed by atoms with Gasteiger partial charge in [-0.1, -0.05) is 0 Å². The van der Waals surface area contributed by atoms with E-state index in [0.717, 1.165) is 12.8 Å². The number of hydrogen-bond donors (Lipinski definition) is 6. The molecule has 15 heteroatoms. The molecule has 0 radical (unpaired) electrons. The monoisotopic (exact) mass is 479 g/mol. The zero-order valence-corrected chi connectivity index (χ0v) is 17.8. The first-order valence-electron chi connectivity index (χ1n) is 9.62. The van der Waals surface area contributed by atoms with Crippen molar-refractivity contribution in [3.8, 4) is 0 Å². The van der Waals surface area contributed by atoms with Crippen LogP contribution >= 0.6 is 19.2 Å². The lowest BCUT2D eigenvalue weighted by molar-refractivity contribution is -0.0612. The lowest BCUT2D eigenvalue weighted by atomic mass is 10.1. The molecule has 0 amide bonds. The normalized spacial score (nSPS) is 31.5. The summed E-state index contributed by atoms with van der Waals surface area (Å²) in [5.74, 6) is 0.328. The van der Waals surface area contributed by atoms with Gasteiger partial charge in [-0.3, -0.25) is 9.13 Å². The van der Waals surface area contributed by atoms with Crippen molar-refractivity contribution in [3.63, 3.8) is 0 Å². The van der Waals surface area contributed by atoms with Gasteiger partial charge in [-0.2, -0.15) is 9.97 Å². The van der Waals surface area contributed by atoms with Crippen molar-refractivity contribution in [1.82, 2.24) is 19.5 Å². The van der Waals surface area contributed by atoms with Crippen LogP contribution in [0, 0.1) is 0 Å². The van der Waals surface area contributed by atoms with E-state index >= 15 is 0 Å². The Morgan fingerprint density at radius 2 is 2.03 bits per heavy atom. The zero-order valence-electron chi connectivity index (χ0n) is 16.2. The van der Waals surface area contributed by atoms with Crippen molar-refractivity contribution >= 4 is 36.2 Å². The highest BCUT2D eigenvalue weighted by atomic mass is 35.5. The van der Waals surface area contributed by atoms with Gasteiger partial charge in [0.15, 0.2) is 23.2 Å². The third-order valence-corrected chi connectivity index (χ3v) is 6.04. The molecule has 2 fully saturated rings. The Morgan fingerprint density at radius 3 is 2.71 bits per heavy atom. The average molecular weight is 480 g/mol. The van der Waals surface area contributed by atoms with Gasteiger partial charge >= 0.3 is 7.60 Å². The highest BCUT2D eigenvalue weighted by Gasteiger charge is 2.44. The van der Waals surface area contributed by atoms with Crippen LogP contribution in [0.5, 0.6) is 0 Å². The summed E-state index contributed by atoms with van der Waals surface area (Å²) in [7, 11) is -4.38. The van der Waals surface area contributed by atoms with Crippen molar-refractivity contribution in [2.24, 2.45) is 0 Å². The van der Waals surface area contributed by atoms with Gasteiger partial charge in [0.1, 0.15) is 24.7 Å². The Hall–Kier alpha value is -1.41. The number of fused-ring (bicyclic) bond motifs is 1. The Kier molecular flexibility index (Phi) is 6.50. The molecule has 31 heavy (non-hydrogen) atoms. The van der Waals surface area contributed by atoms with Gasteiger partial charge in [-0.05, 0) is 30.9 Å². The molecule has 0 aromatic carbocycles. The number of aliphatic hydroxyl groups is 3. The Balaban J connectivity index is 1.56. The van der Waals surface area contributed by atoms with Crippen molar-refractivity contribution in [2.75, 3.05) is 18.3 Å². The molecule has 0 bridgehead atoms. The van der Waals surface area contributed by atoms with Crippen molar-refractivity contribution in [1.29, 1.82) is 0 Å². The van der Waals surface area contributed by atoms with Crippen molar-refractivity contribution in [3.05, 3.63) is 11.6 Å². The molecule has 1 saturated heterocycles. The number of imidazole rings is 1. The number of nitrogens with one attached hydrogen (secondary N) is 1. The van der Waals surface area contributed by atoms with Gasteiger partial charge in [0, 0.05) is 0 Å². The van der Waals surface area contributed by atoms with Gasteiger partial charge in [-0.25, -0.2) is 4.98 Å². The molecule has 1 aliphatic carbocycles. The molecule has 2 aliphatic rings. The van der Waals surface area contributed by atoms with Crippen LogP contribution in [0.3, 0.4) is 0 Å². The number of rotatable bonds is 7. The summed E-state index contributed by atoms with van der Waals surface area (Å²) in [6.07, 6.45) is -2.57. The SMILES string of the molecule is O=P(O)(O)COC[C@H]1O[C@@H](n2cnc3c(NC4CCCC4O)nc(Cl)nc32)[C@H](O)[C@@H]1O. The maximum absolute atomic E-state index is 10.9. The molecule has 2 aromatic rings. The van der Waals surface area contributed by atoms with E-state index in [9.17, 15) is 19.9 Å². The molecule has 4 rings (SSSR count). The van der Waals surface area contributed by atoms with Gasteiger partial charge in [-0.15, -0.1) is 0 Å². The molecule has 1 aliphatic heterocycles. The summed E-state index contributed by atoms with van der Waals surface area (Å²) in [6, 6.07) is -0.204. The largest absolute Gasteiger partial charge is 0.391 e. The minimum Gasteiger partial charge on any atom is -0.391 e. The lowest BCUT2D eigenvalue weighted by Crippen LogP contribution is -2.34. The fraction of sp³-hybridized carbons (Fsp3) is 0.688. The first-order chi connectivity index (χ1) is 14.6. The number of nitrogens with zero attached hydrogens (tertiary/aromatic N) is 4. The summed E-state index contributed by atoms with van der Waals surface area (Å²) in [5.41, 5.74) is 0.581. The van der Waals surface area contributed by atoms with Crippen LogP contribution in [0.1, 0.15) is 25.5 Å². The van der Waals surface area contributed by atoms with Crippen LogP contribution in [-0.2, 0) is 14.0 Å². The molecule has 1 saturated carbocycles. The second-order valence-corrected chi connectivity index (χ2v) is 9.55. The third-order valence-electron chi connectivity index (χ3n) is 5.35. The van der Waals surface area contributed by atoms with E-state index in [4.69, 9.17) is 30.9 Å².